The van der Waals surface area contributed by atoms with Gasteiger partial charge in [-0.1, -0.05) is 11.6 Å². The maximum absolute atomic E-state index is 13.9. The van der Waals surface area contributed by atoms with Crippen molar-refractivity contribution in [3.05, 3.63) is 83.4 Å². The van der Waals surface area contributed by atoms with Crippen LogP contribution < -0.4 is 9.57 Å². The van der Waals surface area contributed by atoms with Crippen molar-refractivity contribution in [3.63, 3.8) is 0 Å². The van der Waals surface area contributed by atoms with Gasteiger partial charge in [0.1, 0.15) is 31.0 Å². The molecule has 1 aliphatic rings. The fourth-order valence-electron chi connectivity index (χ4n) is 4.67. The second kappa shape index (κ2) is 9.82. The minimum atomic E-state index is -0.467. The third-order valence-electron chi connectivity index (χ3n) is 6.74. The Labute approximate surface area is 221 Å². The largest absolute Gasteiger partial charge is 0.343 e. The number of likely N-dealkylation sites (tertiary alicyclic amines) is 1. The Hall–Kier alpha value is -4.38. The number of imidazole rings is 1. The van der Waals surface area contributed by atoms with Crippen molar-refractivity contribution in [1.29, 1.82) is 0 Å². The smallest absolute Gasteiger partial charge is 0.245 e. The molecule has 4 heterocycles. The number of hydrogen-bond donors (Lipinski definition) is 1. The summed E-state index contributed by atoms with van der Waals surface area (Å²) in [6.45, 7) is 1.49. The van der Waals surface area contributed by atoms with Crippen LogP contribution in [-0.2, 0) is 4.79 Å². The lowest BCUT2D eigenvalue weighted by atomic mass is 9.96. The van der Waals surface area contributed by atoms with Crippen molar-refractivity contribution in [3.8, 4) is 16.8 Å². The molecule has 1 atom stereocenters. The van der Waals surface area contributed by atoms with Crippen molar-refractivity contribution < 1.29 is 18.8 Å². The predicted molar refractivity (Wildman–Crippen MR) is 136 cm³/mol. The van der Waals surface area contributed by atoms with Crippen molar-refractivity contribution in [2.24, 2.45) is 0 Å². The van der Waals surface area contributed by atoms with Gasteiger partial charge in [-0.05, 0) is 59.3 Å². The van der Waals surface area contributed by atoms with E-state index in [0.29, 0.717) is 27.6 Å². The number of tetrazole rings is 1. The minimum Gasteiger partial charge on any atom is -0.343 e. The van der Waals surface area contributed by atoms with E-state index in [1.807, 2.05) is 35.4 Å². The molecule has 1 fully saturated rings. The standard InChI is InChI=1S/C26H23ClFN8O2/c1-38-36-14-16(19-11-17(27)4-8-23(19)35-15-29-32-33-35)3-7-24(36)20(13-25(37)34-9-2-10-34)26-30-21-6-5-18(28)12-22(21)31-26/h3-8,11-12,14-15,20H,2,9-10,13H2,1H3,(H,30,31)/q+1. The number of pyridine rings is 1. The number of H-pyrrole nitrogens is 1. The first kappa shape index (κ1) is 24.0. The summed E-state index contributed by atoms with van der Waals surface area (Å²) in [5.74, 6) is -0.256. The van der Waals surface area contributed by atoms with Crippen LogP contribution in [0, 0.1) is 5.82 Å². The molecule has 192 valence electrons. The first-order valence-corrected chi connectivity index (χ1v) is 12.4. The van der Waals surface area contributed by atoms with E-state index in [0.717, 1.165) is 36.3 Å². The summed E-state index contributed by atoms with van der Waals surface area (Å²) in [6, 6.07) is 13.6. The van der Waals surface area contributed by atoms with Crippen LogP contribution in [0.25, 0.3) is 27.8 Å². The maximum Gasteiger partial charge on any atom is 0.245 e. The highest BCUT2D eigenvalue weighted by Gasteiger charge is 2.34. The second-order valence-corrected chi connectivity index (χ2v) is 9.48. The molecule has 0 radical (unpaired) electrons. The second-order valence-electron chi connectivity index (χ2n) is 9.04. The lowest BCUT2D eigenvalue weighted by Crippen LogP contribution is -2.47. The van der Waals surface area contributed by atoms with E-state index in [-0.39, 0.29) is 18.1 Å². The van der Waals surface area contributed by atoms with Gasteiger partial charge < -0.3 is 9.88 Å². The van der Waals surface area contributed by atoms with Gasteiger partial charge in [-0.25, -0.2) is 9.37 Å². The Kier molecular flexibility index (Phi) is 6.20. The highest BCUT2D eigenvalue weighted by molar-refractivity contribution is 6.31. The molecular weight excluding hydrogens is 511 g/mol. The summed E-state index contributed by atoms with van der Waals surface area (Å²) in [5, 5.41) is 12.0. The Morgan fingerprint density at radius 3 is 2.82 bits per heavy atom. The average Bonchev–Trinajstić information content (AvgIpc) is 3.56. The first-order valence-electron chi connectivity index (χ1n) is 12.1. The fraction of sp³-hybridized carbons (Fsp3) is 0.231. The fourth-order valence-corrected chi connectivity index (χ4v) is 4.84. The van der Waals surface area contributed by atoms with Crippen LogP contribution >= 0.6 is 11.6 Å². The van der Waals surface area contributed by atoms with Crippen LogP contribution in [0.2, 0.25) is 5.02 Å². The van der Waals surface area contributed by atoms with Gasteiger partial charge in [0.05, 0.1) is 22.3 Å². The number of carbonyl (C=O) groups excluding carboxylic acids is 1. The molecule has 38 heavy (non-hydrogen) atoms. The number of amides is 1. The summed E-state index contributed by atoms with van der Waals surface area (Å²) in [6.07, 6.45) is 4.50. The summed E-state index contributed by atoms with van der Waals surface area (Å²) in [7, 11) is 1.55. The molecule has 0 spiro atoms. The highest BCUT2D eigenvalue weighted by atomic mass is 35.5. The number of benzene rings is 2. The molecule has 12 heteroatoms. The molecule has 1 N–H and O–H groups in total. The Morgan fingerprint density at radius 1 is 1.21 bits per heavy atom. The third kappa shape index (κ3) is 4.45. The van der Waals surface area contributed by atoms with Crippen molar-refractivity contribution in [2.75, 3.05) is 20.2 Å². The van der Waals surface area contributed by atoms with E-state index in [1.54, 1.807) is 28.7 Å². The van der Waals surface area contributed by atoms with Crippen LogP contribution in [0.5, 0.6) is 0 Å². The van der Waals surface area contributed by atoms with E-state index in [1.165, 1.54) is 18.5 Å². The number of nitrogens with one attached hydrogen (secondary N) is 1. The van der Waals surface area contributed by atoms with Gasteiger partial charge in [0.2, 0.25) is 17.8 Å². The molecule has 0 bridgehead atoms. The number of hydrogen-bond acceptors (Lipinski definition) is 6. The topological polar surface area (TPSA) is 106 Å². The predicted octanol–water partition coefficient (Wildman–Crippen LogP) is 3.10. The minimum absolute atomic E-state index is 0.0235. The number of aromatic amines is 1. The van der Waals surface area contributed by atoms with Crippen LogP contribution in [0.3, 0.4) is 0 Å². The van der Waals surface area contributed by atoms with Crippen molar-refractivity contribution >= 4 is 28.5 Å². The monoisotopic (exact) mass is 533 g/mol. The zero-order valence-corrected chi connectivity index (χ0v) is 21.1. The molecule has 10 nitrogen and oxygen atoms in total. The number of fused-ring (bicyclic) bond motifs is 1. The number of carbonyl (C=O) groups is 1. The summed E-state index contributed by atoms with van der Waals surface area (Å²) >= 11 is 6.34. The Morgan fingerprint density at radius 2 is 2.08 bits per heavy atom. The summed E-state index contributed by atoms with van der Waals surface area (Å²) < 4.78 is 17.0. The zero-order valence-electron chi connectivity index (χ0n) is 20.4. The highest BCUT2D eigenvalue weighted by Crippen LogP contribution is 2.32. The molecule has 5 aromatic rings. The van der Waals surface area contributed by atoms with Gasteiger partial charge in [0.15, 0.2) is 0 Å². The third-order valence-corrected chi connectivity index (χ3v) is 6.98. The van der Waals surface area contributed by atoms with Gasteiger partial charge in [0, 0.05) is 40.9 Å². The zero-order chi connectivity index (χ0) is 26.2. The van der Waals surface area contributed by atoms with E-state index in [2.05, 4.69) is 20.5 Å². The van der Waals surface area contributed by atoms with E-state index >= 15 is 0 Å². The molecule has 3 aromatic heterocycles. The van der Waals surface area contributed by atoms with Crippen LogP contribution in [0.1, 0.15) is 30.3 Å². The van der Waals surface area contributed by atoms with Crippen molar-refractivity contribution in [1.82, 2.24) is 35.1 Å². The number of rotatable bonds is 7. The molecule has 1 amide bonds. The van der Waals surface area contributed by atoms with Gasteiger partial charge in [-0.2, -0.15) is 4.68 Å². The number of aromatic nitrogens is 7. The SMILES string of the molecule is CO[n+]1cc(-c2cc(Cl)ccc2-n2cnnn2)ccc1C(CC(=O)N1CCC1)c1nc2ccc(F)cc2[nH]1. The normalized spacial score (nSPS) is 13.9. The maximum atomic E-state index is 13.9. The van der Waals surface area contributed by atoms with E-state index in [4.69, 9.17) is 21.4 Å². The van der Waals surface area contributed by atoms with Gasteiger partial charge in [0.25, 0.3) is 0 Å². The van der Waals surface area contributed by atoms with Crippen molar-refractivity contribution in [2.45, 2.75) is 18.8 Å². The molecule has 0 aliphatic carbocycles. The van der Waals surface area contributed by atoms with E-state index < -0.39 is 5.92 Å². The van der Waals surface area contributed by atoms with Crippen LogP contribution in [-0.4, -0.2) is 61.2 Å². The first-order chi connectivity index (χ1) is 18.5. The number of nitrogens with zero attached hydrogens (tertiary/aromatic N) is 7. The van der Waals surface area contributed by atoms with Gasteiger partial charge in [-0.15, -0.1) is 5.10 Å². The quantitative estimate of drug-likeness (QED) is 0.322. The molecule has 6 rings (SSSR count). The lowest BCUT2D eigenvalue weighted by Gasteiger charge is -2.31. The van der Waals surface area contributed by atoms with E-state index in [9.17, 15) is 9.18 Å². The summed E-state index contributed by atoms with van der Waals surface area (Å²) in [4.78, 5) is 28.6. The number of halogens is 2. The van der Waals surface area contributed by atoms with Gasteiger partial charge in [-0.3, -0.25) is 9.63 Å². The molecule has 2 aromatic carbocycles. The summed E-state index contributed by atoms with van der Waals surface area (Å²) in [5.41, 5.74) is 4.20. The lowest BCUT2D eigenvalue weighted by molar-refractivity contribution is -0.890. The van der Waals surface area contributed by atoms with Crippen LogP contribution in [0.15, 0.2) is 61.1 Å². The molecule has 1 saturated heterocycles. The molecule has 1 unspecified atom stereocenters. The molecule has 0 saturated carbocycles. The molecular formula is C26H23ClFN8O2+. The Bertz CT molecular complexity index is 1630. The Balaban J connectivity index is 1.45. The van der Waals surface area contributed by atoms with Gasteiger partial charge >= 0.3 is 0 Å². The molecule has 1 aliphatic heterocycles. The van der Waals surface area contributed by atoms with Crippen LogP contribution in [0.4, 0.5) is 4.39 Å². The average molecular weight is 534 g/mol.